The topological polar surface area (TPSA) is 94.8 Å². The maximum atomic E-state index is 10.4. The summed E-state index contributed by atoms with van der Waals surface area (Å²) in [5.41, 5.74) is 10.3. The molecule has 29 heavy (non-hydrogen) atoms. The van der Waals surface area contributed by atoms with Gasteiger partial charge in [0.2, 0.25) is 0 Å². The molecule has 6 nitrogen and oxygen atoms in total. The van der Waals surface area contributed by atoms with Gasteiger partial charge < -0.3 is 0 Å². The quantitative estimate of drug-likeness (QED) is 0.573. The minimum absolute atomic E-state index is 0.00716. The van der Waals surface area contributed by atoms with Crippen LogP contribution in [0.5, 0.6) is 23.0 Å². The van der Waals surface area contributed by atoms with Crippen LogP contribution in [0.1, 0.15) is 11.1 Å². The molecular formula is C22H20CoN2O4. The number of rotatable bonds is 5. The van der Waals surface area contributed by atoms with Gasteiger partial charge in [0.15, 0.2) is 0 Å². The molecule has 0 fully saturated rings. The molecular weight excluding hydrogens is 415 g/mol. The predicted molar refractivity (Wildman–Crippen MR) is 109 cm³/mol. The number of hydrogen-bond acceptors (Lipinski definition) is 5. The van der Waals surface area contributed by atoms with Crippen LogP contribution in [0.3, 0.4) is 0 Å². The zero-order valence-electron chi connectivity index (χ0n) is 15.8. The number of ether oxygens (including phenoxy) is 2. The van der Waals surface area contributed by atoms with Crippen molar-refractivity contribution in [1.29, 1.82) is 0 Å². The molecule has 0 heterocycles. The van der Waals surface area contributed by atoms with E-state index in [2.05, 4.69) is 20.3 Å². The van der Waals surface area contributed by atoms with E-state index in [1.165, 1.54) is 14.2 Å². The average Bonchev–Trinajstić information content (AvgIpc) is 2.73. The fraction of sp³-hybridized carbons (Fsp3) is 0.0909. The van der Waals surface area contributed by atoms with Crippen LogP contribution in [-0.2, 0) is 16.0 Å². The number of methoxy groups -OCH3 is 2. The first-order valence-electron chi connectivity index (χ1n) is 8.64. The monoisotopic (exact) mass is 435 g/mol. The predicted octanol–water partition coefficient (Wildman–Crippen LogP) is 2.56. The van der Waals surface area contributed by atoms with E-state index in [1.807, 2.05) is 0 Å². The molecule has 1 radical (unpaired) electrons. The Labute approximate surface area is 176 Å². The SMILES string of the molecule is COc1cccc(C=c2ccc([NH][Co])c([NH])c2=Cc2cccc(OC)c2O)c1O. The van der Waals surface area contributed by atoms with Gasteiger partial charge in [0.1, 0.15) is 0 Å². The number of hydrogen-bond donors (Lipinski definition) is 3. The summed E-state index contributed by atoms with van der Waals surface area (Å²) in [6.45, 7) is 0. The van der Waals surface area contributed by atoms with Crippen molar-refractivity contribution in [2.75, 3.05) is 18.6 Å². The molecule has 3 rings (SSSR count). The molecule has 0 amide bonds. The molecule has 4 N–H and O–H groups in total. The van der Waals surface area contributed by atoms with Gasteiger partial charge in [0.25, 0.3) is 0 Å². The summed E-state index contributed by atoms with van der Waals surface area (Å²) in [4.78, 5) is 0. The van der Waals surface area contributed by atoms with Gasteiger partial charge in [-0.15, -0.1) is 0 Å². The molecule has 0 aliphatic carbocycles. The van der Waals surface area contributed by atoms with Crippen molar-refractivity contribution in [2.45, 2.75) is 0 Å². The maximum absolute atomic E-state index is 10.4. The molecule has 0 spiro atoms. The summed E-state index contributed by atoms with van der Waals surface area (Å²) in [6, 6.07) is 13.8. The standard InChI is InChI=1S/C22H20N2O4.Co/c1-27-18-7-3-5-14(21(18)25)11-13-9-10-17(23)20(24)16(13)12-15-6-4-8-19(28-2)22(15)26;/h3-12,23-26H,1-2H3;/q-1;+1. The number of aromatic hydroxyl groups is 2. The summed E-state index contributed by atoms with van der Waals surface area (Å²) in [5.74, 6) is 0.680. The van der Waals surface area contributed by atoms with E-state index in [9.17, 15) is 10.2 Å². The van der Waals surface area contributed by atoms with Gasteiger partial charge in [-0.3, -0.25) is 0 Å². The van der Waals surface area contributed by atoms with Crippen LogP contribution in [0.15, 0.2) is 48.5 Å². The van der Waals surface area contributed by atoms with Gasteiger partial charge in [-0.05, 0) is 0 Å². The summed E-state index contributed by atoms with van der Waals surface area (Å²) in [6.07, 6.45) is 3.44. The first-order chi connectivity index (χ1) is 14.0. The normalized spacial score (nSPS) is 12.1. The number of phenols is 2. The average molecular weight is 435 g/mol. The van der Waals surface area contributed by atoms with Crippen molar-refractivity contribution >= 4 is 23.5 Å². The molecule has 0 saturated heterocycles. The number of anilines is 1. The van der Waals surface area contributed by atoms with E-state index in [0.29, 0.717) is 38.8 Å². The third kappa shape index (κ3) is 4.10. The van der Waals surface area contributed by atoms with Gasteiger partial charge >= 0.3 is 177 Å². The molecule has 0 aliphatic rings. The second-order valence-corrected chi connectivity index (χ2v) is 6.42. The van der Waals surface area contributed by atoms with Crippen LogP contribution in [0.25, 0.3) is 12.2 Å². The molecule has 3 aromatic rings. The van der Waals surface area contributed by atoms with Gasteiger partial charge in [0, 0.05) is 0 Å². The van der Waals surface area contributed by atoms with Gasteiger partial charge in [-0.25, -0.2) is 0 Å². The van der Waals surface area contributed by atoms with E-state index < -0.39 is 0 Å². The fourth-order valence-electron chi connectivity index (χ4n) is 2.95. The second kappa shape index (κ2) is 8.81. The van der Waals surface area contributed by atoms with Crippen molar-refractivity contribution in [3.05, 3.63) is 70.1 Å². The number of nitrogens with one attached hydrogen (secondary N) is 2. The Morgan fingerprint density at radius 1 is 0.862 bits per heavy atom. The van der Waals surface area contributed by atoms with Crippen molar-refractivity contribution in [2.24, 2.45) is 0 Å². The molecule has 0 atom stereocenters. The molecule has 151 valence electrons. The Kier molecular flexibility index (Phi) is 6.21. The summed E-state index contributed by atoms with van der Waals surface area (Å²) < 4.78 is 13.0. The summed E-state index contributed by atoms with van der Waals surface area (Å²) >= 11 is 4.11. The Morgan fingerprint density at radius 2 is 1.41 bits per heavy atom. The van der Waals surface area contributed by atoms with Crippen LogP contribution in [-0.4, -0.2) is 24.4 Å². The third-order valence-corrected chi connectivity index (χ3v) is 4.76. The van der Waals surface area contributed by atoms with Crippen LogP contribution < -0.4 is 30.0 Å². The van der Waals surface area contributed by atoms with Crippen LogP contribution in [0, 0.1) is 0 Å². The third-order valence-electron chi connectivity index (χ3n) is 4.48. The first-order valence-corrected chi connectivity index (χ1v) is 9.16. The van der Waals surface area contributed by atoms with Crippen LogP contribution in [0.2, 0.25) is 0 Å². The molecule has 0 unspecified atom stereocenters. The van der Waals surface area contributed by atoms with E-state index in [0.717, 1.165) is 0 Å². The minimum atomic E-state index is -0.0201. The van der Waals surface area contributed by atoms with Gasteiger partial charge in [-0.2, -0.15) is 0 Å². The molecule has 3 aromatic carbocycles. The van der Waals surface area contributed by atoms with Crippen molar-refractivity contribution < 1.29 is 35.6 Å². The Hall–Kier alpha value is -3.29. The first kappa shape index (κ1) is 20.4. The zero-order valence-corrected chi connectivity index (χ0v) is 16.9. The number of benzene rings is 3. The summed E-state index contributed by atoms with van der Waals surface area (Å²) in [7, 11) is 2.96. The zero-order chi connectivity index (χ0) is 21.0. The van der Waals surface area contributed by atoms with Crippen LogP contribution in [0.4, 0.5) is 11.4 Å². The van der Waals surface area contributed by atoms with Crippen molar-refractivity contribution in [1.82, 2.24) is 5.73 Å². The van der Waals surface area contributed by atoms with Crippen LogP contribution >= 0.6 is 0 Å². The molecule has 0 bridgehead atoms. The van der Waals surface area contributed by atoms with Gasteiger partial charge in [-0.1, -0.05) is 0 Å². The Morgan fingerprint density at radius 3 is 1.93 bits per heavy atom. The van der Waals surface area contributed by atoms with Gasteiger partial charge in [0.05, 0.1) is 0 Å². The summed E-state index contributed by atoms with van der Waals surface area (Å²) in [5, 5.41) is 22.1. The second-order valence-electron chi connectivity index (χ2n) is 6.16. The molecule has 0 saturated carbocycles. The Bertz CT molecular complexity index is 1160. The number of phenolic OH excluding ortho intramolecular Hbond substituents is 2. The van der Waals surface area contributed by atoms with E-state index in [1.54, 1.807) is 60.7 Å². The molecule has 0 aliphatic heterocycles. The van der Waals surface area contributed by atoms with E-state index >= 15 is 0 Å². The number of para-hydroxylation sites is 2. The van der Waals surface area contributed by atoms with Crippen molar-refractivity contribution in [3.8, 4) is 23.0 Å². The Balaban J connectivity index is 2.33. The van der Waals surface area contributed by atoms with Crippen molar-refractivity contribution in [3.63, 3.8) is 0 Å². The molecule has 0 aromatic heterocycles. The van der Waals surface area contributed by atoms with E-state index in [4.69, 9.17) is 15.2 Å². The fourth-order valence-corrected chi connectivity index (χ4v) is 3.17. The molecule has 7 heteroatoms. The van der Waals surface area contributed by atoms with E-state index in [-0.39, 0.29) is 17.2 Å².